The van der Waals surface area contributed by atoms with Crippen molar-refractivity contribution in [2.75, 3.05) is 11.1 Å². The van der Waals surface area contributed by atoms with Crippen LogP contribution in [0.3, 0.4) is 0 Å². The van der Waals surface area contributed by atoms with Crippen LogP contribution >= 0.6 is 0 Å². The molecule has 1 amide bonds. The zero-order valence-corrected chi connectivity index (χ0v) is 9.72. The average molecular weight is 256 g/mol. The molecule has 0 aliphatic rings. The third-order valence-electron chi connectivity index (χ3n) is 2.45. The molecule has 0 unspecified atom stereocenters. The lowest BCUT2D eigenvalue weighted by Gasteiger charge is -2.07. The summed E-state index contributed by atoms with van der Waals surface area (Å²) in [5, 5.41) is 11.0. The Morgan fingerprint density at radius 1 is 1.42 bits per heavy atom. The van der Waals surface area contributed by atoms with Gasteiger partial charge in [0, 0.05) is 18.1 Å². The van der Waals surface area contributed by atoms with Gasteiger partial charge in [0.2, 0.25) is 0 Å². The first-order valence-corrected chi connectivity index (χ1v) is 5.32. The molecule has 0 atom stereocenters. The van der Waals surface area contributed by atoms with E-state index in [1.54, 1.807) is 6.07 Å². The smallest absolute Gasteiger partial charge is 0.259 e. The van der Waals surface area contributed by atoms with E-state index >= 15 is 0 Å². The van der Waals surface area contributed by atoms with Gasteiger partial charge in [0.15, 0.2) is 0 Å². The zero-order chi connectivity index (χ0) is 13.8. The number of aromatic nitrogens is 1. The van der Waals surface area contributed by atoms with Crippen LogP contribution in [-0.2, 0) is 0 Å². The fourth-order valence-corrected chi connectivity index (χ4v) is 1.47. The summed E-state index contributed by atoms with van der Waals surface area (Å²) >= 11 is 0. The van der Waals surface area contributed by atoms with Crippen LogP contribution in [0.25, 0.3) is 0 Å². The minimum absolute atomic E-state index is 0.0211. The molecule has 0 aliphatic heterocycles. The number of pyridine rings is 1. The lowest BCUT2D eigenvalue weighted by molar-refractivity contribution is 0.102. The molecule has 3 N–H and O–H groups in total. The number of nitrogen functional groups attached to an aromatic ring is 1. The van der Waals surface area contributed by atoms with Crippen molar-refractivity contribution in [1.82, 2.24) is 4.98 Å². The van der Waals surface area contributed by atoms with Crippen LogP contribution in [0, 0.1) is 17.1 Å². The summed E-state index contributed by atoms with van der Waals surface area (Å²) in [6.07, 6.45) is 2.75. The van der Waals surface area contributed by atoms with Crippen LogP contribution in [-0.4, -0.2) is 10.9 Å². The Hall–Kier alpha value is -2.94. The Morgan fingerprint density at radius 3 is 2.84 bits per heavy atom. The number of carbonyl (C=O) groups is 1. The summed E-state index contributed by atoms with van der Waals surface area (Å²) in [5.74, 6) is -1.25. The summed E-state index contributed by atoms with van der Waals surface area (Å²) < 4.78 is 13.6. The average Bonchev–Trinajstić information content (AvgIpc) is 2.41. The van der Waals surface area contributed by atoms with Crippen molar-refractivity contribution in [3.05, 3.63) is 53.6 Å². The highest BCUT2D eigenvalue weighted by atomic mass is 19.1. The quantitative estimate of drug-likeness (QED) is 0.858. The first-order valence-electron chi connectivity index (χ1n) is 5.32. The molecule has 1 aromatic carbocycles. The van der Waals surface area contributed by atoms with E-state index in [-0.39, 0.29) is 22.5 Å². The first kappa shape index (κ1) is 12.5. The third-order valence-corrected chi connectivity index (χ3v) is 2.45. The summed E-state index contributed by atoms with van der Waals surface area (Å²) in [6, 6.07) is 7.05. The number of nitrogens with zero attached hydrogens (tertiary/aromatic N) is 2. The maximum absolute atomic E-state index is 13.6. The molecule has 0 saturated heterocycles. The van der Waals surface area contributed by atoms with Gasteiger partial charge in [-0.3, -0.25) is 9.78 Å². The molecule has 6 heteroatoms. The van der Waals surface area contributed by atoms with Gasteiger partial charge in [-0.25, -0.2) is 4.39 Å². The lowest BCUT2D eigenvalue weighted by atomic mass is 10.2. The number of rotatable bonds is 2. The number of nitriles is 1. The molecule has 19 heavy (non-hydrogen) atoms. The third kappa shape index (κ3) is 2.66. The predicted molar refractivity (Wildman–Crippen MR) is 67.7 cm³/mol. The molecular weight excluding hydrogens is 247 g/mol. The number of nitrogens with two attached hydrogens (primary N) is 1. The molecule has 94 valence electrons. The van der Waals surface area contributed by atoms with E-state index in [1.165, 1.54) is 30.6 Å². The zero-order valence-electron chi connectivity index (χ0n) is 9.72. The second kappa shape index (κ2) is 5.14. The number of nitrogens with one attached hydrogen (secondary N) is 1. The molecule has 0 saturated carbocycles. The van der Waals surface area contributed by atoms with Gasteiger partial charge in [-0.05, 0) is 24.3 Å². The van der Waals surface area contributed by atoms with Crippen LogP contribution in [0.2, 0.25) is 0 Å². The Morgan fingerprint density at radius 2 is 2.21 bits per heavy atom. The topological polar surface area (TPSA) is 91.8 Å². The number of anilines is 2. The fraction of sp³-hybridized carbons (Fsp3) is 0. The summed E-state index contributed by atoms with van der Waals surface area (Å²) in [5.41, 5.74) is 6.19. The molecule has 1 heterocycles. The number of carbonyl (C=O) groups excluding carboxylic acids is 1. The van der Waals surface area contributed by atoms with Crippen molar-refractivity contribution in [3.63, 3.8) is 0 Å². The summed E-state index contributed by atoms with van der Waals surface area (Å²) in [6.45, 7) is 0. The van der Waals surface area contributed by atoms with Gasteiger partial charge < -0.3 is 11.1 Å². The highest BCUT2D eigenvalue weighted by molar-refractivity contribution is 6.07. The highest BCUT2D eigenvalue weighted by Gasteiger charge is 2.12. The van der Waals surface area contributed by atoms with Crippen molar-refractivity contribution in [1.29, 1.82) is 5.26 Å². The van der Waals surface area contributed by atoms with E-state index in [0.717, 1.165) is 6.07 Å². The maximum atomic E-state index is 13.6. The molecule has 2 rings (SSSR count). The van der Waals surface area contributed by atoms with Crippen molar-refractivity contribution >= 4 is 17.3 Å². The number of amides is 1. The lowest BCUT2D eigenvalue weighted by Crippen LogP contribution is -2.15. The molecule has 1 aromatic heterocycles. The molecular formula is C13H9FN4O. The number of benzene rings is 1. The van der Waals surface area contributed by atoms with Crippen LogP contribution in [0.4, 0.5) is 15.8 Å². The van der Waals surface area contributed by atoms with Crippen molar-refractivity contribution in [2.24, 2.45) is 0 Å². The van der Waals surface area contributed by atoms with Gasteiger partial charge in [-0.15, -0.1) is 0 Å². The van der Waals surface area contributed by atoms with Crippen molar-refractivity contribution in [3.8, 4) is 6.07 Å². The van der Waals surface area contributed by atoms with Gasteiger partial charge in [0.1, 0.15) is 5.82 Å². The van der Waals surface area contributed by atoms with E-state index in [9.17, 15) is 9.18 Å². The molecule has 2 aromatic rings. The first-order chi connectivity index (χ1) is 9.11. The van der Waals surface area contributed by atoms with Crippen molar-refractivity contribution in [2.45, 2.75) is 0 Å². The number of halogens is 1. The van der Waals surface area contributed by atoms with Gasteiger partial charge in [-0.1, -0.05) is 0 Å². The minimum Gasteiger partial charge on any atom is -0.398 e. The second-order valence-corrected chi connectivity index (χ2v) is 3.72. The minimum atomic E-state index is -0.685. The van der Waals surface area contributed by atoms with E-state index in [4.69, 9.17) is 11.0 Å². The van der Waals surface area contributed by atoms with Gasteiger partial charge in [-0.2, -0.15) is 5.26 Å². The summed E-state index contributed by atoms with van der Waals surface area (Å²) in [7, 11) is 0. The Labute approximate surface area is 108 Å². The van der Waals surface area contributed by atoms with Crippen molar-refractivity contribution < 1.29 is 9.18 Å². The number of hydrogen-bond acceptors (Lipinski definition) is 4. The monoisotopic (exact) mass is 256 g/mol. The van der Waals surface area contributed by atoms with Crippen LogP contribution in [0.5, 0.6) is 0 Å². The van der Waals surface area contributed by atoms with Crippen LogP contribution in [0.1, 0.15) is 15.9 Å². The molecule has 0 spiro atoms. The van der Waals surface area contributed by atoms with Gasteiger partial charge in [0.05, 0.1) is 22.9 Å². The van der Waals surface area contributed by atoms with Crippen LogP contribution in [0.15, 0.2) is 36.7 Å². The SMILES string of the molecule is N#Cc1ccc(NC(=O)c2cnccc2N)c(F)c1. The van der Waals surface area contributed by atoms with E-state index in [1.807, 2.05) is 0 Å². The number of hydrogen-bond donors (Lipinski definition) is 2. The van der Waals surface area contributed by atoms with Gasteiger partial charge >= 0.3 is 0 Å². The van der Waals surface area contributed by atoms with Crippen LogP contribution < -0.4 is 11.1 Å². The Kier molecular flexibility index (Phi) is 3.39. The van der Waals surface area contributed by atoms with E-state index in [2.05, 4.69) is 10.3 Å². The normalized spacial score (nSPS) is 9.68. The molecule has 0 radical (unpaired) electrons. The highest BCUT2D eigenvalue weighted by Crippen LogP contribution is 2.17. The maximum Gasteiger partial charge on any atom is 0.259 e. The standard InChI is InChI=1S/C13H9FN4O/c14-10-5-8(6-15)1-2-12(10)18-13(19)9-7-17-4-3-11(9)16/h1-5,7H,(H2,16,17)(H,18,19). The molecule has 0 fully saturated rings. The predicted octanol–water partition coefficient (Wildman–Crippen LogP) is 1.93. The Balaban J connectivity index is 2.25. The van der Waals surface area contributed by atoms with Gasteiger partial charge in [0.25, 0.3) is 5.91 Å². The largest absolute Gasteiger partial charge is 0.398 e. The van der Waals surface area contributed by atoms with E-state index in [0.29, 0.717) is 0 Å². The molecule has 0 aliphatic carbocycles. The fourth-order valence-electron chi connectivity index (χ4n) is 1.47. The summed E-state index contributed by atoms with van der Waals surface area (Å²) in [4.78, 5) is 15.7. The molecule has 0 bridgehead atoms. The second-order valence-electron chi connectivity index (χ2n) is 3.72. The Bertz CT molecular complexity index is 679. The molecule has 5 nitrogen and oxygen atoms in total. The van der Waals surface area contributed by atoms with E-state index < -0.39 is 11.7 Å².